The molecule has 1 aliphatic heterocycles. The number of aliphatic carboxylic acids is 1. The summed E-state index contributed by atoms with van der Waals surface area (Å²) >= 11 is 0. The highest BCUT2D eigenvalue weighted by atomic mass is 16.4. The zero-order valence-corrected chi connectivity index (χ0v) is 24.8. The van der Waals surface area contributed by atoms with Gasteiger partial charge >= 0.3 is 18.2 Å². The summed E-state index contributed by atoms with van der Waals surface area (Å²) in [5, 5.41) is 85.0. The first kappa shape index (κ1) is 39.0. The van der Waals surface area contributed by atoms with E-state index in [9.17, 15) is 59.7 Å². The van der Waals surface area contributed by atoms with Gasteiger partial charge in [0.1, 0.15) is 24.4 Å². The van der Waals surface area contributed by atoms with E-state index in [-0.39, 0.29) is 13.1 Å². The number of likely N-dealkylation sites (tertiary alicyclic amines) is 1. The first-order valence-electron chi connectivity index (χ1n) is 13.9. The summed E-state index contributed by atoms with van der Waals surface area (Å²) in [5.41, 5.74) is 0. The van der Waals surface area contributed by atoms with Crippen molar-refractivity contribution in [3.05, 3.63) is 0 Å². The van der Waals surface area contributed by atoms with Crippen molar-refractivity contribution in [2.75, 3.05) is 73.1 Å². The number of aliphatic hydroxyl groups excluding tert-OH is 6. The van der Waals surface area contributed by atoms with Gasteiger partial charge < -0.3 is 46.0 Å². The first-order chi connectivity index (χ1) is 20.5. The molecule has 4 amide bonds. The minimum absolute atomic E-state index is 0.144. The van der Waals surface area contributed by atoms with Crippen molar-refractivity contribution in [2.45, 2.75) is 55.8 Å². The Morgan fingerprint density at radius 2 is 1.05 bits per heavy atom. The molecule has 44 heavy (non-hydrogen) atoms. The number of carboxylic acid groups (broad SMARTS) is 3. The number of piperidine rings is 1. The molecule has 0 saturated carbocycles. The largest absolute Gasteiger partial charge is 0.480 e. The highest BCUT2D eigenvalue weighted by molar-refractivity contribution is 5.92. The van der Waals surface area contributed by atoms with E-state index in [1.807, 2.05) is 0 Å². The van der Waals surface area contributed by atoms with Gasteiger partial charge in [0, 0.05) is 25.2 Å². The summed E-state index contributed by atoms with van der Waals surface area (Å²) in [4.78, 5) is 65.6. The molecule has 1 heterocycles. The van der Waals surface area contributed by atoms with E-state index in [2.05, 4.69) is 0 Å². The number of carboxylic acids is 1. The number of hydrogen-bond acceptors (Lipinski definition) is 14. The zero-order valence-electron chi connectivity index (χ0n) is 24.8. The van der Waals surface area contributed by atoms with Crippen LogP contribution >= 0.6 is 0 Å². The molecule has 1 rings (SSSR count). The summed E-state index contributed by atoms with van der Waals surface area (Å²) < 4.78 is 0. The average Bonchev–Trinajstić information content (AvgIpc) is 2.93. The molecular formula is C25H45N5O14. The number of imide groups is 2. The first-order valence-corrected chi connectivity index (χ1v) is 13.9. The van der Waals surface area contributed by atoms with Crippen LogP contribution in [0.2, 0.25) is 0 Å². The Morgan fingerprint density at radius 1 is 0.682 bits per heavy atom. The van der Waals surface area contributed by atoms with Crippen molar-refractivity contribution in [1.29, 1.82) is 0 Å². The lowest BCUT2D eigenvalue weighted by atomic mass is 9.94. The van der Waals surface area contributed by atoms with Crippen molar-refractivity contribution in [1.82, 2.24) is 24.5 Å². The van der Waals surface area contributed by atoms with Gasteiger partial charge in [-0.1, -0.05) is 6.42 Å². The van der Waals surface area contributed by atoms with Gasteiger partial charge in [0.25, 0.3) is 0 Å². The summed E-state index contributed by atoms with van der Waals surface area (Å²) in [7, 11) is 3.04. The summed E-state index contributed by atoms with van der Waals surface area (Å²) in [5.74, 6) is -2.97. The third-order valence-electron chi connectivity index (χ3n) is 7.25. The number of nitrogens with zero attached hydrogens (tertiary/aromatic N) is 5. The van der Waals surface area contributed by atoms with Crippen LogP contribution in [-0.4, -0.2) is 210 Å². The van der Waals surface area contributed by atoms with Crippen LogP contribution in [0.4, 0.5) is 9.59 Å². The molecule has 6 unspecified atom stereocenters. The van der Waals surface area contributed by atoms with Crippen LogP contribution in [0.15, 0.2) is 0 Å². The van der Waals surface area contributed by atoms with Gasteiger partial charge in [-0.3, -0.25) is 29.1 Å². The second kappa shape index (κ2) is 18.7. The quantitative estimate of drug-likeness (QED) is 0.0684. The number of likely N-dealkylation sites (N-methyl/N-ethyl adjacent to an activating group) is 2. The smallest absolute Gasteiger partial charge is 0.414 e. The van der Waals surface area contributed by atoms with Gasteiger partial charge in [-0.25, -0.2) is 19.4 Å². The molecule has 0 aliphatic carbocycles. The molecule has 19 heteroatoms. The number of carbonyl (C=O) groups excluding carboxylic acids is 2. The van der Waals surface area contributed by atoms with Crippen LogP contribution in [0.3, 0.4) is 0 Å². The molecule has 0 aromatic rings. The van der Waals surface area contributed by atoms with E-state index in [0.717, 1.165) is 0 Å². The van der Waals surface area contributed by atoms with Crippen molar-refractivity contribution in [3.8, 4) is 0 Å². The van der Waals surface area contributed by atoms with Gasteiger partial charge in [0.05, 0.1) is 45.9 Å². The van der Waals surface area contributed by atoms with Gasteiger partial charge in [0.15, 0.2) is 0 Å². The van der Waals surface area contributed by atoms with Crippen LogP contribution in [0.5, 0.6) is 0 Å². The predicted octanol–water partition coefficient (Wildman–Crippen LogP) is -4.40. The SMILES string of the molecule is CN(CC(=O)N(CC(O)C(O)CO)C(=O)O)CC1CCCC(CN(C)CC(=O)N(CC(O)C(O)CO)C(=O)O)N1CC(=O)O. The summed E-state index contributed by atoms with van der Waals surface area (Å²) in [6, 6.07) is -0.810. The van der Waals surface area contributed by atoms with Crippen LogP contribution < -0.4 is 0 Å². The molecular weight excluding hydrogens is 594 g/mol. The second-order valence-electron chi connectivity index (χ2n) is 10.9. The van der Waals surface area contributed by atoms with Gasteiger partial charge in [-0.15, -0.1) is 0 Å². The molecule has 1 aliphatic rings. The normalized spacial score (nSPS) is 20.1. The summed E-state index contributed by atoms with van der Waals surface area (Å²) in [6.07, 6.45) is -8.35. The van der Waals surface area contributed by atoms with Crippen molar-refractivity contribution < 1.29 is 69.9 Å². The minimum Gasteiger partial charge on any atom is -0.480 e. The molecule has 1 saturated heterocycles. The molecule has 0 spiro atoms. The van der Waals surface area contributed by atoms with E-state index in [4.69, 9.17) is 10.2 Å². The third kappa shape index (κ3) is 12.5. The Balaban J connectivity index is 2.93. The molecule has 0 aromatic heterocycles. The van der Waals surface area contributed by atoms with E-state index < -0.39 is 112 Å². The molecule has 6 atom stereocenters. The number of rotatable bonds is 18. The van der Waals surface area contributed by atoms with E-state index in [1.165, 1.54) is 23.9 Å². The number of hydrogen-bond donors (Lipinski definition) is 9. The third-order valence-corrected chi connectivity index (χ3v) is 7.25. The minimum atomic E-state index is -1.71. The maximum absolute atomic E-state index is 12.7. The fourth-order valence-corrected chi connectivity index (χ4v) is 4.94. The number of carbonyl (C=O) groups is 5. The molecule has 0 bridgehead atoms. The highest BCUT2D eigenvalue weighted by Crippen LogP contribution is 2.24. The Morgan fingerprint density at radius 3 is 1.34 bits per heavy atom. The van der Waals surface area contributed by atoms with Crippen LogP contribution in [0.1, 0.15) is 19.3 Å². The van der Waals surface area contributed by atoms with Crippen molar-refractivity contribution in [2.24, 2.45) is 0 Å². The molecule has 0 radical (unpaired) electrons. The molecule has 19 nitrogen and oxygen atoms in total. The van der Waals surface area contributed by atoms with E-state index in [1.54, 1.807) is 4.90 Å². The molecule has 254 valence electrons. The van der Waals surface area contributed by atoms with Crippen LogP contribution in [0.25, 0.3) is 0 Å². The molecule has 0 aromatic carbocycles. The Bertz CT molecular complexity index is 908. The number of aliphatic hydroxyl groups is 6. The number of amides is 4. The topological polar surface area (TPSA) is 284 Å². The standard InChI is InChI=1S/C25H45N5O14/c1-26(10-21(37)29(24(41)42)8-17(33)19(35)13-31)6-15-4-3-5-16(28(15)12-23(39)40)7-27(2)11-22(38)30(25(43)44)9-18(34)20(36)14-32/h15-20,31-36H,3-14H2,1-2H3,(H,39,40)(H,41,42)(H,43,44). The monoisotopic (exact) mass is 639 g/mol. The van der Waals surface area contributed by atoms with Crippen molar-refractivity contribution >= 4 is 30.0 Å². The van der Waals surface area contributed by atoms with E-state index in [0.29, 0.717) is 29.1 Å². The highest BCUT2D eigenvalue weighted by Gasteiger charge is 2.35. The zero-order chi connectivity index (χ0) is 33.7. The fourth-order valence-electron chi connectivity index (χ4n) is 4.94. The van der Waals surface area contributed by atoms with Crippen molar-refractivity contribution in [3.63, 3.8) is 0 Å². The predicted molar refractivity (Wildman–Crippen MR) is 148 cm³/mol. The summed E-state index contributed by atoms with van der Waals surface area (Å²) in [6.45, 7) is -4.18. The Labute approximate surface area is 253 Å². The molecule has 1 fully saturated rings. The fraction of sp³-hybridized carbons (Fsp3) is 0.800. The molecule has 9 N–H and O–H groups in total. The maximum atomic E-state index is 12.7. The lowest BCUT2D eigenvalue weighted by molar-refractivity contribution is -0.141. The van der Waals surface area contributed by atoms with Gasteiger partial charge in [-0.2, -0.15) is 0 Å². The second-order valence-corrected chi connectivity index (χ2v) is 10.9. The van der Waals surface area contributed by atoms with Gasteiger partial charge in [0.2, 0.25) is 11.8 Å². The van der Waals surface area contributed by atoms with Crippen LogP contribution in [-0.2, 0) is 14.4 Å². The lowest BCUT2D eigenvalue weighted by Gasteiger charge is -2.44. The van der Waals surface area contributed by atoms with Gasteiger partial charge in [-0.05, 0) is 26.9 Å². The van der Waals surface area contributed by atoms with Crippen LogP contribution in [0, 0.1) is 0 Å². The average molecular weight is 640 g/mol. The Hall–Kier alpha value is -3.01. The lowest BCUT2D eigenvalue weighted by Crippen LogP contribution is -2.57. The van der Waals surface area contributed by atoms with E-state index >= 15 is 0 Å². The Kier molecular flexibility index (Phi) is 16.6. The maximum Gasteiger partial charge on any atom is 0.414 e.